The van der Waals surface area contributed by atoms with Crippen molar-refractivity contribution in [2.45, 2.75) is 12.8 Å². The topological polar surface area (TPSA) is 0 Å². The first-order valence-corrected chi connectivity index (χ1v) is 6.20. The summed E-state index contributed by atoms with van der Waals surface area (Å²) in [7, 11) is 1.09. The van der Waals surface area contributed by atoms with Gasteiger partial charge < -0.3 is 0 Å². The predicted molar refractivity (Wildman–Crippen MR) is 74.0 cm³/mol. The minimum atomic E-state index is 1.06. The van der Waals surface area contributed by atoms with Crippen LogP contribution in [0.4, 0.5) is 0 Å². The van der Waals surface area contributed by atoms with Gasteiger partial charge in [-0.15, -0.1) is 6.58 Å². The fourth-order valence-electron chi connectivity index (χ4n) is 1.63. The summed E-state index contributed by atoms with van der Waals surface area (Å²) in [6, 6.07) is 6.31. The highest BCUT2D eigenvalue weighted by molar-refractivity contribution is 6.21. The standard InChI is InChI=1S/C14H18Si/c1-4-12-7-6-8-13(14(12)5-2)10-9-11(3)15/h4-8H,1-3,9-10H2,15H3. The van der Waals surface area contributed by atoms with E-state index in [2.05, 4.69) is 37.9 Å². The summed E-state index contributed by atoms with van der Waals surface area (Å²) >= 11 is 0. The van der Waals surface area contributed by atoms with Crippen LogP contribution < -0.4 is 0 Å². The Kier molecular flexibility index (Phi) is 4.31. The Balaban J connectivity index is 3.00. The third-order valence-corrected chi connectivity index (χ3v) is 2.98. The minimum absolute atomic E-state index is 1.06. The maximum atomic E-state index is 3.98. The summed E-state index contributed by atoms with van der Waals surface area (Å²) in [5, 5.41) is 1.36. The summed E-state index contributed by atoms with van der Waals surface area (Å²) < 4.78 is 0. The lowest BCUT2D eigenvalue weighted by Crippen LogP contribution is -1.93. The maximum Gasteiger partial charge on any atom is 0.0325 e. The van der Waals surface area contributed by atoms with Crippen LogP contribution >= 0.6 is 0 Å². The summed E-state index contributed by atoms with van der Waals surface area (Å²) in [6.07, 6.45) is 5.96. The molecule has 0 aliphatic rings. The SMILES string of the molecule is C=Cc1cccc(CCC(=C)[SiH3])c1C=C. The van der Waals surface area contributed by atoms with E-state index in [9.17, 15) is 0 Å². The van der Waals surface area contributed by atoms with Crippen LogP contribution in [0.3, 0.4) is 0 Å². The van der Waals surface area contributed by atoms with Gasteiger partial charge in [0.1, 0.15) is 0 Å². The first-order chi connectivity index (χ1) is 7.19. The van der Waals surface area contributed by atoms with E-state index in [4.69, 9.17) is 0 Å². The van der Waals surface area contributed by atoms with Gasteiger partial charge in [0.05, 0.1) is 0 Å². The molecule has 0 unspecified atom stereocenters. The molecule has 0 spiro atoms. The van der Waals surface area contributed by atoms with Crippen LogP contribution in [0.25, 0.3) is 12.2 Å². The Labute approximate surface area is 95.5 Å². The lowest BCUT2D eigenvalue weighted by molar-refractivity contribution is 0.985. The zero-order valence-corrected chi connectivity index (χ0v) is 11.4. The van der Waals surface area contributed by atoms with Crippen molar-refractivity contribution in [2.75, 3.05) is 0 Å². The lowest BCUT2D eigenvalue weighted by atomic mass is 9.97. The van der Waals surface area contributed by atoms with Gasteiger partial charge in [-0.05, 0) is 29.5 Å². The zero-order valence-electron chi connectivity index (χ0n) is 9.42. The summed E-state index contributed by atoms with van der Waals surface area (Å²) in [5.74, 6) is 0. The van der Waals surface area contributed by atoms with Crippen molar-refractivity contribution >= 4 is 22.4 Å². The van der Waals surface area contributed by atoms with Crippen molar-refractivity contribution in [3.63, 3.8) is 0 Å². The molecule has 0 saturated carbocycles. The van der Waals surface area contributed by atoms with E-state index in [0.717, 1.165) is 23.1 Å². The second kappa shape index (κ2) is 5.52. The Morgan fingerprint density at radius 3 is 2.53 bits per heavy atom. The lowest BCUT2D eigenvalue weighted by Gasteiger charge is -2.09. The molecule has 0 fully saturated rings. The van der Waals surface area contributed by atoms with Crippen LogP contribution in [0, 0.1) is 0 Å². The zero-order chi connectivity index (χ0) is 11.3. The van der Waals surface area contributed by atoms with E-state index in [1.54, 1.807) is 0 Å². The van der Waals surface area contributed by atoms with Crippen molar-refractivity contribution in [1.29, 1.82) is 0 Å². The second-order valence-electron chi connectivity index (χ2n) is 3.79. The molecule has 0 radical (unpaired) electrons. The van der Waals surface area contributed by atoms with Gasteiger partial charge in [-0.1, -0.05) is 48.7 Å². The number of rotatable bonds is 5. The number of benzene rings is 1. The van der Waals surface area contributed by atoms with E-state index in [1.807, 2.05) is 12.2 Å². The molecule has 1 rings (SSSR count). The third-order valence-electron chi connectivity index (χ3n) is 2.48. The highest BCUT2D eigenvalue weighted by atomic mass is 28.1. The molecule has 1 heteroatoms. The molecular formula is C14H18Si. The molecule has 0 heterocycles. The fraction of sp³-hybridized carbons (Fsp3) is 0.143. The first kappa shape index (κ1) is 11.7. The largest absolute Gasteiger partial charge is 0.105 e. The first-order valence-electron chi connectivity index (χ1n) is 5.20. The number of hydrogen-bond donors (Lipinski definition) is 0. The molecule has 0 nitrogen and oxygen atoms in total. The molecule has 78 valence electrons. The molecule has 0 N–H and O–H groups in total. The summed E-state index contributed by atoms with van der Waals surface area (Å²) in [6.45, 7) is 11.7. The molecule has 1 aromatic carbocycles. The van der Waals surface area contributed by atoms with E-state index < -0.39 is 0 Å². The van der Waals surface area contributed by atoms with Crippen LogP contribution in [-0.4, -0.2) is 10.2 Å². The highest BCUT2D eigenvalue weighted by Crippen LogP contribution is 2.19. The highest BCUT2D eigenvalue weighted by Gasteiger charge is 2.02. The average molecular weight is 214 g/mol. The third kappa shape index (κ3) is 3.06. The van der Waals surface area contributed by atoms with Gasteiger partial charge in [-0.2, -0.15) is 0 Å². The van der Waals surface area contributed by atoms with Gasteiger partial charge in [0.15, 0.2) is 0 Å². The Morgan fingerprint density at radius 2 is 2.00 bits per heavy atom. The van der Waals surface area contributed by atoms with Gasteiger partial charge in [0, 0.05) is 10.2 Å². The van der Waals surface area contributed by atoms with Gasteiger partial charge in [-0.25, -0.2) is 0 Å². The van der Waals surface area contributed by atoms with Crippen molar-refractivity contribution in [3.8, 4) is 0 Å². The second-order valence-corrected chi connectivity index (χ2v) is 5.20. The van der Waals surface area contributed by atoms with Gasteiger partial charge in [-0.3, -0.25) is 0 Å². The Hall–Kier alpha value is -1.34. The van der Waals surface area contributed by atoms with Gasteiger partial charge >= 0.3 is 0 Å². The predicted octanol–water partition coefficient (Wildman–Crippen LogP) is 2.78. The van der Waals surface area contributed by atoms with E-state index >= 15 is 0 Å². The molecule has 15 heavy (non-hydrogen) atoms. The average Bonchev–Trinajstić information content (AvgIpc) is 2.25. The molecule has 0 amide bonds. The van der Waals surface area contributed by atoms with E-state index in [1.165, 1.54) is 21.9 Å². The van der Waals surface area contributed by atoms with E-state index in [-0.39, 0.29) is 0 Å². The minimum Gasteiger partial charge on any atom is -0.105 e. The van der Waals surface area contributed by atoms with Crippen molar-refractivity contribution in [3.05, 3.63) is 59.8 Å². The fourth-order valence-corrected chi connectivity index (χ4v) is 1.88. The summed E-state index contributed by atoms with van der Waals surface area (Å²) in [5.41, 5.74) is 3.73. The van der Waals surface area contributed by atoms with Crippen LogP contribution in [-0.2, 0) is 6.42 Å². The number of aryl methyl sites for hydroxylation is 1. The van der Waals surface area contributed by atoms with Gasteiger partial charge in [0.25, 0.3) is 0 Å². The Bertz CT molecular complexity index is 388. The molecule has 0 aliphatic heterocycles. The quantitative estimate of drug-likeness (QED) is 0.661. The molecule has 0 aromatic heterocycles. The van der Waals surface area contributed by atoms with Crippen LogP contribution in [0.5, 0.6) is 0 Å². The van der Waals surface area contributed by atoms with E-state index in [0.29, 0.717) is 0 Å². The number of allylic oxidation sites excluding steroid dienone is 1. The normalized spacial score (nSPS) is 9.87. The molecular weight excluding hydrogens is 196 g/mol. The Morgan fingerprint density at radius 1 is 1.27 bits per heavy atom. The van der Waals surface area contributed by atoms with Gasteiger partial charge in [0.2, 0.25) is 0 Å². The van der Waals surface area contributed by atoms with Crippen LogP contribution in [0.1, 0.15) is 23.1 Å². The molecule has 0 aliphatic carbocycles. The molecule has 1 aromatic rings. The molecule has 0 bridgehead atoms. The van der Waals surface area contributed by atoms with Crippen LogP contribution in [0.15, 0.2) is 43.1 Å². The molecule has 0 atom stereocenters. The maximum absolute atomic E-state index is 3.98. The smallest absolute Gasteiger partial charge is 0.0325 e. The van der Waals surface area contributed by atoms with Crippen LogP contribution in [0.2, 0.25) is 0 Å². The van der Waals surface area contributed by atoms with Crippen molar-refractivity contribution in [2.24, 2.45) is 0 Å². The molecule has 0 saturated heterocycles. The summed E-state index contributed by atoms with van der Waals surface area (Å²) in [4.78, 5) is 0. The van der Waals surface area contributed by atoms with Crippen molar-refractivity contribution < 1.29 is 0 Å². The number of hydrogen-bond acceptors (Lipinski definition) is 0. The monoisotopic (exact) mass is 214 g/mol. The van der Waals surface area contributed by atoms with Crippen molar-refractivity contribution in [1.82, 2.24) is 0 Å².